The highest BCUT2D eigenvalue weighted by Crippen LogP contribution is 2.30. The zero-order valence-corrected chi connectivity index (χ0v) is 18.5. The van der Waals surface area contributed by atoms with Crippen molar-refractivity contribution in [1.29, 1.82) is 0 Å². The maximum absolute atomic E-state index is 13.4. The number of piperidine rings is 1. The van der Waals surface area contributed by atoms with Crippen LogP contribution in [0, 0.1) is 6.92 Å². The lowest BCUT2D eigenvalue weighted by Crippen LogP contribution is -2.40. The highest BCUT2D eigenvalue weighted by molar-refractivity contribution is 5.95. The summed E-state index contributed by atoms with van der Waals surface area (Å²) in [5.41, 5.74) is 1.92. The number of hydrogen-bond acceptors (Lipinski definition) is 4. The van der Waals surface area contributed by atoms with E-state index in [1.165, 1.54) is 0 Å². The number of amides is 1. The summed E-state index contributed by atoms with van der Waals surface area (Å²) in [6, 6.07) is 2.30. The zero-order valence-electron chi connectivity index (χ0n) is 16.8. The molecule has 2 aromatic heterocycles. The molecule has 1 saturated carbocycles. The van der Waals surface area contributed by atoms with Crippen LogP contribution in [0.1, 0.15) is 53.2 Å². The fourth-order valence-electron chi connectivity index (χ4n) is 3.92. The van der Waals surface area contributed by atoms with Crippen LogP contribution >= 0.6 is 24.8 Å². The molecule has 9 heteroatoms. The van der Waals surface area contributed by atoms with Gasteiger partial charge in [-0.3, -0.25) is 14.3 Å². The summed E-state index contributed by atoms with van der Waals surface area (Å²) in [4.78, 5) is 28.5. The van der Waals surface area contributed by atoms with Gasteiger partial charge < -0.3 is 14.8 Å². The molecule has 0 unspecified atom stereocenters. The molecule has 160 valence electrons. The summed E-state index contributed by atoms with van der Waals surface area (Å²) in [5.74, 6) is -0.146. The lowest BCUT2D eigenvalue weighted by atomic mass is 10.0. The van der Waals surface area contributed by atoms with Crippen LogP contribution in [-0.4, -0.2) is 44.3 Å². The van der Waals surface area contributed by atoms with Gasteiger partial charge in [-0.25, -0.2) is 0 Å². The minimum absolute atomic E-state index is 0. The van der Waals surface area contributed by atoms with Gasteiger partial charge in [-0.15, -0.1) is 24.8 Å². The summed E-state index contributed by atoms with van der Waals surface area (Å²) in [7, 11) is 1.87. The monoisotopic (exact) mass is 441 g/mol. The first-order valence-electron chi connectivity index (χ1n) is 9.75. The molecule has 4 rings (SSSR count). The van der Waals surface area contributed by atoms with Gasteiger partial charge in [-0.2, -0.15) is 5.10 Å². The van der Waals surface area contributed by atoms with E-state index in [4.69, 9.17) is 0 Å². The SMILES string of the molecule is Cc1ccn(C2CCNCC2)c(=O)c1C(=O)N(Cc1cnn(C)c1)C1CC1.Cl.Cl. The third-order valence-electron chi connectivity index (χ3n) is 5.60. The van der Waals surface area contributed by atoms with Gasteiger partial charge in [-0.1, -0.05) is 0 Å². The Kier molecular flexibility index (Phi) is 7.91. The molecule has 2 fully saturated rings. The number of aromatic nitrogens is 3. The van der Waals surface area contributed by atoms with Gasteiger partial charge in [0, 0.05) is 43.6 Å². The van der Waals surface area contributed by atoms with Crippen molar-refractivity contribution in [3.8, 4) is 0 Å². The third kappa shape index (κ3) is 5.02. The number of carbonyl (C=O) groups excluding carboxylic acids is 1. The molecule has 7 nitrogen and oxygen atoms in total. The third-order valence-corrected chi connectivity index (χ3v) is 5.60. The van der Waals surface area contributed by atoms with E-state index in [9.17, 15) is 9.59 Å². The van der Waals surface area contributed by atoms with E-state index in [1.54, 1.807) is 15.4 Å². The highest BCUT2D eigenvalue weighted by atomic mass is 35.5. The second kappa shape index (κ2) is 9.78. The van der Waals surface area contributed by atoms with Crippen molar-refractivity contribution in [2.45, 2.75) is 51.2 Å². The van der Waals surface area contributed by atoms with E-state index in [1.807, 2.05) is 37.3 Å². The van der Waals surface area contributed by atoms with Crippen molar-refractivity contribution in [3.05, 3.63) is 51.7 Å². The fraction of sp³-hybridized carbons (Fsp3) is 0.550. The van der Waals surface area contributed by atoms with E-state index in [0.29, 0.717) is 12.1 Å². The van der Waals surface area contributed by atoms with E-state index in [0.717, 1.165) is 49.9 Å². The van der Waals surface area contributed by atoms with Crippen molar-refractivity contribution < 1.29 is 4.79 Å². The lowest BCUT2D eigenvalue weighted by Gasteiger charge is -2.27. The Balaban J connectivity index is 0.00000150. The first kappa shape index (κ1) is 23.4. The molecule has 0 bridgehead atoms. The van der Waals surface area contributed by atoms with Crippen LogP contribution in [0.2, 0.25) is 0 Å². The number of halogens is 2. The second-order valence-corrected chi connectivity index (χ2v) is 7.75. The molecule has 1 aliphatic carbocycles. The summed E-state index contributed by atoms with van der Waals surface area (Å²) >= 11 is 0. The normalized spacial score (nSPS) is 16.6. The Bertz CT molecular complexity index is 901. The van der Waals surface area contributed by atoms with Gasteiger partial charge in [0.25, 0.3) is 11.5 Å². The topological polar surface area (TPSA) is 72.2 Å². The van der Waals surface area contributed by atoms with Crippen LogP contribution in [0.15, 0.2) is 29.5 Å². The van der Waals surface area contributed by atoms with Crippen LogP contribution in [0.5, 0.6) is 0 Å². The van der Waals surface area contributed by atoms with Crippen molar-refractivity contribution in [1.82, 2.24) is 24.6 Å². The maximum Gasteiger partial charge on any atom is 0.263 e. The van der Waals surface area contributed by atoms with E-state index in [2.05, 4.69) is 10.4 Å². The van der Waals surface area contributed by atoms with Crippen LogP contribution in [-0.2, 0) is 13.6 Å². The average Bonchev–Trinajstić information content (AvgIpc) is 3.42. The predicted molar refractivity (Wildman–Crippen MR) is 117 cm³/mol. The molecule has 2 aromatic rings. The molecule has 0 atom stereocenters. The number of carbonyl (C=O) groups is 1. The van der Waals surface area contributed by atoms with Gasteiger partial charge in [-0.05, 0) is 57.3 Å². The van der Waals surface area contributed by atoms with Crippen molar-refractivity contribution in [2.24, 2.45) is 7.05 Å². The van der Waals surface area contributed by atoms with Crippen LogP contribution in [0.25, 0.3) is 0 Å². The standard InChI is InChI=1S/C20H27N5O2.2ClH/c1-14-7-10-24(17-5-8-21-9-6-17)19(26)18(14)20(27)25(16-3-4-16)13-15-11-22-23(2)12-15;;/h7,10-12,16-17,21H,3-6,8-9,13H2,1-2H3;2*1H. The largest absolute Gasteiger partial charge is 0.331 e. The predicted octanol–water partition coefficient (Wildman–Crippen LogP) is 2.46. The Morgan fingerprint density at radius 3 is 2.52 bits per heavy atom. The summed E-state index contributed by atoms with van der Waals surface area (Å²) < 4.78 is 3.51. The van der Waals surface area contributed by atoms with Crippen molar-refractivity contribution in [3.63, 3.8) is 0 Å². The zero-order chi connectivity index (χ0) is 19.0. The van der Waals surface area contributed by atoms with Gasteiger partial charge in [0.15, 0.2) is 0 Å². The number of hydrogen-bond donors (Lipinski definition) is 1. The number of rotatable bonds is 5. The molecular weight excluding hydrogens is 413 g/mol. The molecule has 0 spiro atoms. The summed E-state index contributed by atoms with van der Waals surface area (Å²) in [6.07, 6.45) is 9.40. The van der Waals surface area contributed by atoms with Crippen LogP contribution in [0.4, 0.5) is 0 Å². The minimum atomic E-state index is -0.149. The molecule has 1 aliphatic heterocycles. The lowest BCUT2D eigenvalue weighted by molar-refractivity contribution is 0.0726. The Hall–Kier alpha value is -1.83. The molecule has 3 heterocycles. The van der Waals surface area contributed by atoms with Crippen molar-refractivity contribution in [2.75, 3.05) is 13.1 Å². The Morgan fingerprint density at radius 2 is 1.93 bits per heavy atom. The van der Waals surface area contributed by atoms with E-state index < -0.39 is 0 Å². The summed E-state index contributed by atoms with van der Waals surface area (Å²) in [5, 5.41) is 7.52. The van der Waals surface area contributed by atoms with Gasteiger partial charge >= 0.3 is 0 Å². The first-order chi connectivity index (χ1) is 13.0. The molecule has 2 aliphatic rings. The Morgan fingerprint density at radius 1 is 1.24 bits per heavy atom. The van der Waals surface area contributed by atoms with Gasteiger partial charge in [0.2, 0.25) is 0 Å². The van der Waals surface area contributed by atoms with Crippen LogP contribution in [0.3, 0.4) is 0 Å². The molecule has 0 aromatic carbocycles. The molecule has 0 radical (unpaired) electrons. The first-order valence-corrected chi connectivity index (χ1v) is 9.75. The number of nitrogens with zero attached hydrogens (tertiary/aromatic N) is 4. The maximum atomic E-state index is 13.4. The van der Waals surface area contributed by atoms with Crippen LogP contribution < -0.4 is 10.9 Å². The van der Waals surface area contributed by atoms with E-state index in [-0.39, 0.29) is 48.4 Å². The minimum Gasteiger partial charge on any atom is -0.331 e. The summed E-state index contributed by atoms with van der Waals surface area (Å²) in [6.45, 7) is 4.17. The Labute approximate surface area is 183 Å². The number of nitrogens with one attached hydrogen (secondary N) is 1. The molecule has 1 amide bonds. The number of aryl methyl sites for hydroxylation is 2. The molecule has 1 saturated heterocycles. The smallest absolute Gasteiger partial charge is 0.263 e. The fourth-order valence-corrected chi connectivity index (χ4v) is 3.92. The van der Waals surface area contributed by atoms with Gasteiger partial charge in [0.05, 0.1) is 6.20 Å². The molecule has 29 heavy (non-hydrogen) atoms. The molecular formula is C20H29Cl2N5O2. The van der Waals surface area contributed by atoms with Gasteiger partial charge in [0.1, 0.15) is 5.56 Å². The number of pyridine rings is 1. The highest BCUT2D eigenvalue weighted by Gasteiger charge is 2.35. The second-order valence-electron chi connectivity index (χ2n) is 7.75. The quantitative estimate of drug-likeness (QED) is 0.773. The van der Waals surface area contributed by atoms with Crippen molar-refractivity contribution >= 4 is 30.7 Å². The average molecular weight is 442 g/mol. The van der Waals surface area contributed by atoms with E-state index >= 15 is 0 Å². The molecule has 1 N–H and O–H groups in total.